The lowest BCUT2D eigenvalue weighted by molar-refractivity contribution is -0.137. The normalized spacial score (nSPS) is 11.1. The molecular formula is C19H14ClF3N4O4. The van der Waals surface area contributed by atoms with Crippen LogP contribution in [0.15, 0.2) is 48.7 Å². The number of ether oxygens (including phenoxy) is 2. The molecule has 12 heteroatoms. The van der Waals surface area contributed by atoms with E-state index in [1.165, 1.54) is 30.1 Å². The number of nitrogens with one attached hydrogen (secondary N) is 1. The first-order chi connectivity index (χ1) is 14.7. The Bertz CT molecular complexity index is 1120. The standard InChI is InChI=1S/C19H14ClF3N4O4/c1-30-18(29)16-9-27(26-25-16)12-3-2-4-13(8-12)31-10-17(28)24-11-5-6-15(20)14(7-11)19(21,22)23/h2-9H,10H2,1H3,(H,24,28). The van der Waals surface area contributed by atoms with Crippen molar-refractivity contribution in [2.24, 2.45) is 0 Å². The molecule has 1 N–H and O–H groups in total. The third-order valence-electron chi connectivity index (χ3n) is 3.90. The Hall–Kier alpha value is -3.60. The second-order valence-electron chi connectivity index (χ2n) is 6.07. The number of aromatic nitrogens is 3. The third kappa shape index (κ3) is 5.51. The number of halogens is 4. The molecule has 0 aliphatic heterocycles. The van der Waals surface area contributed by atoms with E-state index in [4.69, 9.17) is 16.3 Å². The minimum atomic E-state index is -4.65. The molecule has 0 fully saturated rings. The average Bonchev–Trinajstić information content (AvgIpc) is 3.23. The molecule has 162 valence electrons. The molecule has 1 heterocycles. The lowest BCUT2D eigenvalue weighted by Crippen LogP contribution is -2.20. The van der Waals surface area contributed by atoms with Gasteiger partial charge in [0.2, 0.25) is 0 Å². The average molecular weight is 455 g/mol. The van der Waals surface area contributed by atoms with Crippen molar-refractivity contribution in [1.82, 2.24) is 15.0 Å². The summed E-state index contributed by atoms with van der Waals surface area (Å²) in [7, 11) is 1.22. The van der Waals surface area contributed by atoms with Crippen molar-refractivity contribution in [2.75, 3.05) is 19.0 Å². The maximum atomic E-state index is 12.9. The van der Waals surface area contributed by atoms with Crippen molar-refractivity contribution >= 4 is 29.2 Å². The van der Waals surface area contributed by atoms with Crippen LogP contribution in [0.3, 0.4) is 0 Å². The third-order valence-corrected chi connectivity index (χ3v) is 4.23. The summed E-state index contributed by atoms with van der Waals surface area (Å²) in [6.07, 6.45) is -3.29. The van der Waals surface area contributed by atoms with Gasteiger partial charge in [0.05, 0.1) is 29.6 Å². The quantitative estimate of drug-likeness (QED) is 0.570. The Kier molecular flexibility index (Phi) is 6.44. The van der Waals surface area contributed by atoms with Gasteiger partial charge in [-0.25, -0.2) is 9.48 Å². The summed E-state index contributed by atoms with van der Waals surface area (Å²) in [6, 6.07) is 9.42. The van der Waals surface area contributed by atoms with E-state index in [9.17, 15) is 22.8 Å². The molecule has 8 nitrogen and oxygen atoms in total. The van der Waals surface area contributed by atoms with E-state index < -0.39 is 35.2 Å². The highest BCUT2D eigenvalue weighted by Crippen LogP contribution is 2.36. The van der Waals surface area contributed by atoms with Crippen molar-refractivity contribution < 1.29 is 32.2 Å². The highest BCUT2D eigenvalue weighted by Gasteiger charge is 2.33. The number of hydrogen-bond donors (Lipinski definition) is 1. The van der Waals surface area contributed by atoms with Crippen LogP contribution in [0.4, 0.5) is 18.9 Å². The van der Waals surface area contributed by atoms with Gasteiger partial charge in [0, 0.05) is 11.8 Å². The maximum Gasteiger partial charge on any atom is 0.417 e. The summed E-state index contributed by atoms with van der Waals surface area (Å²) in [6.45, 7) is -0.460. The number of methoxy groups -OCH3 is 1. The van der Waals surface area contributed by atoms with E-state index in [-0.39, 0.29) is 17.1 Å². The van der Waals surface area contributed by atoms with Gasteiger partial charge in [-0.3, -0.25) is 4.79 Å². The lowest BCUT2D eigenvalue weighted by atomic mass is 10.2. The van der Waals surface area contributed by atoms with Gasteiger partial charge < -0.3 is 14.8 Å². The molecular weight excluding hydrogens is 441 g/mol. The molecule has 2 aromatic carbocycles. The molecule has 0 spiro atoms. The van der Waals surface area contributed by atoms with Crippen LogP contribution >= 0.6 is 11.6 Å². The Labute approximate surface area is 178 Å². The van der Waals surface area contributed by atoms with Crippen LogP contribution in [-0.2, 0) is 15.7 Å². The predicted molar refractivity (Wildman–Crippen MR) is 103 cm³/mol. The number of rotatable bonds is 6. The molecule has 0 aliphatic rings. The molecule has 3 aromatic rings. The van der Waals surface area contributed by atoms with Gasteiger partial charge in [-0.2, -0.15) is 13.2 Å². The molecule has 0 saturated carbocycles. The second-order valence-corrected chi connectivity index (χ2v) is 6.47. The van der Waals surface area contributed by atoms with Crippen LogP contribution in [-0.4, -0.2) is 40.6 Å². The molecule has 0 aliphatic carbocycles. The number of anilines is 1. The van der Waals surface area contributed by atoms with Gasteiger partial charge in [0.15, 0.2) is 12.3 Å². The van der Waals surface area contributed by atoms with Crippen LogP contribution < -0.4 is 10.1 Å². The molecule has 3 rings (SSSR count). The van der Waals surface area contributed by atoms with E-state index >= 15 is 0 Å². The fourth-order valence-corrected chi connectivity index (χ4v) is 2.69. The maximum absolute atomic E-state index is 12.9. The minimum Gasteiger partial charge on any atom is -0.484 e. The zero-order valence-corrected chi connectivity index (χ0v) is 16.6. The summed E-state index contributed by atoms with van der Waals surface area (Å²) in [5, 5.41) is 9.35. The topological polar surface area (TPSA) is 95.3 Å². The van der Waals surface area contributed by atoms with Gasteiger partial charge in [-0.15, -0.1) is 5.10 Å². The van der Waals surface area contributed by atoms with Gasteiger partial charge >= 0.3 is 12.1 Å². The van der Waals surface area contributed by atoms with Gasteiger partial charge in [0.1, 0.15) is 5.75 Å². The number of benzene rings is 2. The summed E-state index contributed by atoms with van der Waals surface area (Å²) in [5.41, 5.74) is -0.626. The molecule has 1 amide bonds. The molecule has 31 heavy (non-hydrogen) atoms. The molecule has 0 atom stereocenters. The summed E-state index contributed by atoms with van der Waals surface area (Å²) >= 11 is 5.56. The van der Waals surface area contributed by atoms with Crippen LogP contribution in [0.1, 0.15) is 16.1 Å². The lowest BCUT2D eigenvalue weighted by Gasteiger charge is -2.12. The molecule has 1 aromatic heterocycles. The SMILES string of the molecule is COC(=O)c1cn(-c2cccc(OCC(=O)Nc3ccc(Cl)c(C(F)(F)F)c3)c2)nn1. The van der Waals surface area contributed by atoms with Crippen LogP contribution in [0.5, 0.6) is 5.75 Å². The molecule has 0 unspecified atom stereocenters. The van der Waals surface area contributed by atoms with Crippen molar-refractivity contribution in [3.63, 3.8) is 0 Å². The summed E-state index contributed by atoms with van der Waals surface area (Å²) in [5.74, 6) is -1.03. The van der Waals surface area contributed by atoms with E-state index in [2.05, 4.69) is 20.4 Å². The van der Waals surface area contributed by atoms with Crippen molar-refractivity contribution in [3.8, 4) is 11.4 Å². The van der Waals surface area contributed by atoms with Gasteiger partial charge in [-0.1, -0.05) is 22.9 Å². The van der Waals surface area contributed by atoms with Crippen molar-refractivity contribution in [3.05, 3.63) is 64.9 Å². The van der Waals surface area contributed by atoms with E-state index in [0.29, 0.717) is 5.69 Å². The highest BCUT2D eigenvalue weighted by atomic mass is 35.5. The molecule has 0 radical (unpaired) electrons. The molecule has 0 bridgehead atoms. The number of carbonyl (C=O) groups excluding carboxylic acids is 2. The van der Waals surface area contributed by atoms with Gasteiger partial charge in [-0.05, 0) is 30.3 Å². The number of hydrogen-bond acceptors (Lipinski definition) is 6. The van der Waals surface area contributed by atoms with E-state index in [1.807, 2.05) is 0 Å². The van der Waals surface area contributed by atoms with E-state index in [1.54, 1.807) is 18.2 Å². The van der Waals surface area contributed by atoms with Gasteiger partial charge in [0.25, 0.3) is 5.91 Å². The predicted octanol–water partition coefficient (Wildman–Crippen LogP) is 3.74. The Morgan fingerprint density at radius 1 is 1.19 bits per heavy atom. The first-order valence-corrected chi connectivity index (χ1v) is 8.95. The zero-order valence-electron chi connectivity index (χ0n) is 15.8. The zero-order chi connectivity index (χ0) is 22.6. The van der Waals surface area contributed by atoms with Crippen LogP contribution in [0, 0.1) is 0 Å². The first kappa shape index (κ1) is 22.1. The number of alkyl halides is 3. The van der Waals surface area contributed by atoms with Crippen LogP contribution in [0.25, 0.3) is 5.69 Å². The highest BCUT2D eigenvalue weighted by molar-refractivity contribution is 6.31. The van der Waals surface area contributed by atoms with Crippen molar-refractivity contribution in [2.45, 2.75) is 6.18 Å². The Morgan fingerprint density at radius 3 is 2.68 bits per heavy atom. The summed E-state index contributed by atoms with van der Waals surface area (Å²) in [4.78, 5) is 23.5. The first-order valence-electron chi connectivity index (χ1n) is 8.58. The smallest absolute Gasteiger partial charge is 0.417 e. The Balaban J connectivity index is 1.64. The largest absolute Gasteiger partial charge is 0.484 e. The molecule has 0 saturated heterocycles. The number of esters is 1. The van der Waals surface area contributed by atoms with E-state index in [0.717, 1.165) is 12.1 Å². The Morgan fingerprint density at radius 2 is 1.97 bits per heavy atom. The number of nitrogens with zero attached hydrogens (tertiary/aromatic N) is 3. The van der Waals surface area contributed by atoms with Crippen molar-refractivity contribution in [1.29, 1.82) is 0 Å². The number of carbonyl (C=O) groups is 2. The summed E-state index contributed by atoms with van der Waals surface area (Å²) < 4.78 is 50.0. The second kappa shape index (κ2) is 9.04. The fourth-order valence-electron chi connectivity index (χ4n) is 2.47. The number of amides is 1. The minimum absolute atomic E-state index is 0.00869. The monoisotopic (exact) mass is 454 g/mol. The van der Waals surface area contributed by atoms with Crippen LogP contribution in [0.2, 0.25) is 5.02 Å². The fraction of sp³-hybridized carbons (Fsp3) is 0.158.